The predicted molar refractivity (Wildman–Crippen MR) is 195 cm³/mol. The topological polar surface area (TPSA) is 0 Å². The molecule has 8 rings (SSSR count). The first-order valence-electron chi connectivity index (χ1n) is 15.3. The van der Waals surface area contributed by atoms with Gasteiger partial charge < -0.3 is 24.8 Å². The van der Waals surface area contributed by atoms with Gasteiger partial charge in [-0.1, -0.05) is 126 Å². The van der Waals surface area contributed by atoms with Gasteiger partial charge in [-0.15, -0.1) is 75.6 Å². The van der Waals surface area contributed by atoms with Crippen LogP contribution in [0.15, 0.2) is 158 Å². The molecule has 0 saturated carbocycles. The maximum Gasteiger partial charge on any atom is 4.00 e. The third-order valence-electron chi connectivity index (χ3n) is 8.14. The molecule has 0 aliphatic heterocycles. The minimum Gasteiger partial charge on any atom is -1.00 e. The molecule has 0 spiro atoms. The van der Waals surface area contributed by atoms with Crippen LogP contribution in [-0.2, 0) is 26.2 Å². The summed E-state index contributed by atoms with van der Waals surface area (Å²) in [4.78, 5) is 0. The average molecular weight is 729 g/mol. The molecule has 0 unspecified atom stereocenters. The van der Waals surface area contributed by atoms with E-state index in [2.05, 4.69) is 166 Å². The fourth-order valence-electron chi connectivity index (χ4n) is 6.01. The van der Waals surface area contributed by atoms with Crippen LogP contribution in [0.2, 0.25) is 0 Å². The van der Waals surface area contributed by atoms with Crippen molar-refractivity contribution in [1.29, 1.82) is 0 Å². The van der Waals surface area contributed by atoms with Crippen molar-refractivity contribution < 1.29 is 51.0 Å². The third-order valence-corrected chi connectivity index (χ3v) is 8.14. The minimum atomic E-state index is 0. The van der Waals surface area contributed by atoms with Gasteiger partial charge in [-0.3, -0.25) is 0 Å². The Balaban J connectivity index is 0.000000217. The summed E-state index contributed by atoms with van der Waals surface area (Å²) in [5.74, 6) is 0. The van der Waals surface area contributed by atoms with Gasteiger partial charge in [0.1, 0.15) is 0 Å². The molecular weight excluding hydrogens is 691 g/mol. The molecule has 0 amide bonds. The number of rotatable bonds is 2. The second-order valence-electron chi connectivity index (χ2n) is 11.9. The van der Waals surface area contributed by atoms with Crippen LogP contribution in [0.1, 0.15) is 25.0 Å². The van der Waals surface area contributed by atoms with Gasteiger partial charge in [-0.05, 0) is 60.4 Å². The van der Waals surface area contributed by atoms with Gasteiger partial charge in [-0.25, -0.2) is 0 Å². The van der Waals surface area contributed by atoms with Gasteiger partial charge in [0.2, 0.25) is 0 Å². The van der Waals surface area contributed by atoms with Gasteiger partial charge in [0, 0.05) is 0 Å². The zero-order valence-corrected chi connectivity index (χ0v) is 31.3. The maximum absolute atomic E-state index is 3.56. The first-order chi connectivity index (χ1) is 21.4. The summed E-state index contributed by atoms with van der Waals surface area (Å²) < 4.78 is 0. The van der Waals surface area contributed by atoms with Crippen LogP contribution in [0, 0.1) is 13.8 Å². The van der Waals surface area contributed by atoms with Crippen LogP contribution in [-0.4, -0.2) is 0 Å². The van der Waals surface area contributed by atoms with E-state index in [1.54, 1.807) is 0 Å². The van der Waals surface area contributed by atoms with Gasteiger partial charge in [0.25, 0.3) is 0 Å². The Labute approximate surface area is 310 Å². The molecule has 0 fully saturated rings. The molecule has 0 atom stereocenters. The summed E-state index contributed by atoms with van der Waals surface area (Å²) in [6, 6.07) is 52.5. The molecule has 232 valence electrons. The average Bonchev–Trinajstić information content (AvgIpc) is 3.66. The molecule has 47 heavy (non-hydrogen) atoms. The summed E-state index contributed by atoms with van der Waals surface area (Å²) in [5.41, 5.74) is 9.09. The van der Waals surface area contributed by atoms with E-state index in [0.29, 0.717) is 0 Å². The Bertz CT molecular complexity index is 2020. The van der Waals surface area contributed by atoms with E-state index < -0.39 is 0 Å². The SMILES string of the molecule is C=C(C)C.Cc1ccc(-c2cc3ccccc3[cH-]2)c2ccccc12.Cc1ccc(-c2cc3ccccc3[cH-]2)c2ccccc12.[Cl-].[Cl-].[Zr+4]. The van der Waals surface area contributed by atoms with E-state index in [1.807, 2.05) is 13.8 Å². The number of aryl methyl sites for hydroxylation is 2. The zero-order chi connectivity index (χ0) is 30.6. The van der Waals surface area contributed by atoms with Crippen molar-refractivity contribution in [1.82, 2.24) is 0 Å². The second-order valence-corrected chi connectivity index (χ2v) is 11.9. The molecule has 0 aliphatic carbocycles. The number of benzene rings is 6. The summed E-state index contributed by atoms with van der Waals surface area (Å²) in [7, 11) is 0. The van der Waals surface area contributed by atoms with Crippen molar-refractivity contribution in [2.24, 2.45) is 0 Å². The van der Waals surface area contributed by atoms with Gasteiger partial charge in [0.15, 0.2) is 0 Å². The van der Waals surface area contributed by atoms with E-state index in [4.69, 9.17) is 0 Å². The normalized spacial score (nSPS) is 10.1. The smallest absolute Gasteiger partial charge is 1.00 e. The molecule has 0 aromatic heterocycles. The number of fused-ring (bicyclic) bond motifs is 4. The van der Waals surface area contributed by atoms with Crippen LogP contribution in [0.4, 0.5) is 0 Å². The third kappa shape index (κ3) is 8.41. The second kappa shape index (κ2) is 16.9. The Hall–Kier alpha value is -3.74. The number of hydrogen-bond donors (Lipinski definition) is 0. The van der Waals surface area contributed by atoms with Crippen LogP contribution in [0.3, 0.4) is 0 Å². The van der Waals surface area contributed by atoms with Crippen LogP contribution in [0.25, 0.3) is 65.3 Å². The molecule has 3 heteroatoms. The molecule has 0 heterocycles. The standard InChI is InChI=1S/2C20H15.C4H8.2ClH.Zr/c2*1-14-10-11-19(20-9-5-4-8-18(14)20)17-12-15-6-2-3-7-16(15)13-17;1-4(2)3;;;/h2*2-13H,1H3;1H2,2-3H3;2*1H;/q2*-1;;;;+4/p-2. The van der Waals surface area contributed by atoms with E-state index in [0.717, 1.165) is 0 Å². The maximum atomic E-state index is 3.56. The number of hydrogen-bond acceptors (Lipinski definition) is 0. The van der Waals surface area contributed by atoms with Crippen LogP contribution in [0.5, 0.6) is 0 Å². The fourth-order valence-corrected chi connectivity index (χ4v) is 6.01. The molecular formula is C44H38Cl2Zr. The van der Waals surface area contributed by atoms with Crippen molar-refractivity contribution in [2.75, 3.05) is 0 Å². The van der Waals surface area contributed by atoms with Crippen molar-refractivity contribution in [3.63, 3.8) is 0 Å². The van der Waals surface area contributed by atoms with Crippen LogP contribution < -0.4 is 24.8 Å². The Morgan fingerprint density at radius 3 is 1.15 bits per heavy atom. The molecule has 8 aromatic rings. The van der Waals surface area contributed by atoms with Crippen molar-refractivity contribution in [3.05, 3.63) is 169 Å². The molecule has 8 aromatic carbocycles. The Morgan fingerprint density at radius 1 is 0.468 bits per heavy atom. The molecule has 0 nitrogen and oxygen atoms in total. The summed E-state index contributed by atoms with van der Waals surface area (Å²) in [6.07, 6.45) is 0. The Kier molecular flexibility index (Phi) is 13.6. The zero-order valence-electron chi connectivity index (χ0n) is 27.3. The van der Waals surface area contributed by atoms with Gasteiger partial charge in [0.05, 0.1) is 0 Å². The van der Waals surface area contributed by atoms with E-state index in [-0.39, 0.29) is 51.0 Å². The molecule has 0 N–H and O–H groups in total. The van der Waals surface area contributed by atoms with Gasteiger partial charge >= 0.3 is 26.2 Å². The van der Waals surface area contributed by atoms with Crippen molar-refractivity contribution in [2.45, 2.75) is 27.7 Å². The first-order valence-corrected chi connectivity index (χ1v) is 15.3. The van der Waals surface area contributed by atoms with Gasteiger partial charge in [-0.2, -0.15) is 0 Å². The molecule has 0 aliphatic rings. The van der Waals surface area contributed by atoms with Crippen molar-refractivity contribution >= 4 is 43.1 Å². The van der Waals surface area contributed by atoms with E-state index >= 15 is 0 Å². The quantitative estimate of drug-likeness (QED) is 0.134. The molecule has 0 saturated heterocycles. The minimum absolute atomic E-state index is 0. The summed E-state index contributed by atoms with van der Waals surface area (Å²) in [5, 5.41) is 10.6. The summed E-state index contributed by atoms with van der Waals surface area (Å²) >= 11 is 0. The van der Waals surface area contributed by atoms with E-state index in [1.165, 1.54) is 82.0 Å². The molecule has 0 bridgehead atoms. The monoisotopic (exact) mass is 726 g/mol. The largest absolute Gasteiger partial charge is 4.00 e. The summed E-state index contributed by atoms with van der Waals surface area (Å²) in [6.45, 7) is 11.8. The number of halogens is 2. The molecule has 0 radical (unpaired) electrons. The first kappa shape index (κ1) is 37.7. The van der Waals surface area contributed by atoms with Crippen LogP contribution >= 0.6 is 0 Å². The fraction of sp³-hybridized carbons (Fsp3) is 0.0909. The van der Waals surface area contributed by atoms with E-state index in [9.17, 15) is 0 Å². The number of allylic oxidation sites excluding steroid dienone is 1. The van der Waals surface area contributed by atoms with Crippen molar-refractivity contribution in [3.8, 4) is 22.3 Å². The Morgan fingerprint density at radius 2 is 0.787 bits per heavy atom. The predicted octanol–water partition coefficient (Wildman–Crippen LogP) is 6.96.